The Morgan fingerprint density at radius 1 is 1.41 bits per heavy atom. The number of benzene rings is 1. The molecular weight excluding hydrogens is 280 g/mol. The molecule has 0 spiro atoms. The number of ether oxygens (including phenoxy) is 1. The van der Waals surface area contributed by atoms with E-state index >= 15 is 0 Å². The molecule has 1 heterocycles. The van der Waals surface area contributed by atoms with E-state index in [9.17, 15) is 9.59 Å². The number of amides is 2. The zero-order valence-electron chi connectivity index (χ0n) is 13.5. The lowest BCUT2D eigenvalue weighted by Gasteiger charge is -2.37. The van der Waals surface area contributed by atoms with Gasteiger partial charge >= 0.3 is 0 Å². The van der Waals surface area contributed by atoms with Crippen LogP contribution in [0.3, 0.4) is 0 Å². The Morgan fingerprint density at radius 2 is 2.14 bits per heavy atom. The number of rotatable bonds is 5. The second-order valence-electron chi connectivity index (χ2n) is 5.82. The van der Waals surface area contributed by atoms with E-state index in [-0.39, 0.29) is 23.8 Å². The standard InChI is InChI=1S/C17H24N2O3/c1-12-6-4-5-7-13(12)10-18-17(21)14-8-9-16(20)19(2)15(14)11-22-3/h4-7,14-15H,8-11H2,1-3H3,(H,18,21)/t14-,15-/m1/s1. The van der Waals surface area contributed by atoms with E-state index in [1.807, 2.05) is 31.2 Å². The van der Waals surface area contributed by atoms with E-state index in [0.29, 0.717) is 26.0 Å². The van der Waals surface area contributed by atoms with E-state index < -0.39 is 0 Å². The molecule has 1 saturated heterocycles. The van der Waals surface area contributed by atoms with Crippen molar-refractivity contribution in [3.05, 3.63) is 35.4 Å². The van der Waals surface area contributed by atoms with Gasteiger partial charge < -0.3 is 15.0 Å². The van der Waals surface area contributed by atoms with Crippen LogP contribution in [0.4, 0.5) is 0 Å². The Kier molecular flexibility index (Phi) is 5.55. The van der Waals surface area contributed by atoms with Crippen molar-refractivity contribution in [2.75, 3.05) is 20.8 Å². The van der Waals surface area contributed by atoms with Crippen LogP contribution in [0.2, 0.25) is 0 Å². The summed E-state index contributed by atoms with van der Waals surface area (Å²) in [5.74, 6) is -0.152. The molecule has 1 aliphatic rings. The highest BCUT2D eigenvalue weighted by atomic mass is 16.5. The topological polar surface area (TPSA) is 58.6 Å². The van der Waals surface area contributed by atoms with E-state index in [1.54, 1.807) is 19.1 Å². The highest BCUT2D eigenvalue weighted by molar-refractivity contribution is 5.84. The summed E-state index contributed by atoms with van der Waals surface area (Å²) < 4.78 is 5.19. The molecule has 5 heteroatoms. The van der Waals surface area contributed by atoms with Crippen molar-refractivity contribution in [3.63, 3.8) is 0 Å². The molecule has 22 heavy (non-hydrogen) atoms. The van der Waals surface area contributed by atoms with Gasteiger partial charge in [0.05, 0.1) is 18.6 Å². The van der Waals surface area contributed by atoms with Crippen LogP contribution in [0.1, 0.15) is 24.0 Å². The normalized spacial score (nSPS) is 21.8. The summed E-state index contributed by atoms with van der Waals surface area (Å²) in [6.45, 7) is 2.92. The molecular formula is C17H24N2O3. The van der Waals surface area contributed by atoms with Crippen molar-refractivity contribution in [1.29, 1.82) is 0 Å². The Balaban J connectivity index is 2.01. The van der Waals surface area contributed by atoms with Crippen molar-refractivity contribution in [2.45, 2.75) is 32.4 Å². The molecule has 1 aromatic carbocycles. The van der Waals surface area contributed by atoms with Crippen molar-refractivity contribution in [1.82, 2.24) is 10.2 Å². The van der Waals surface area contributed by atoms with E-state index in [0.717, 1.165) is 11.1 Å². The average Bonchev–Trinajstić information content (AvgIpc) is 2.51. The predicted molar refractivity (Wildman–Crippen MR) is 84.2 cm³/mol. The second-order valence-corrected chi connectivity index (χ2v) is 5.82. The molecule has 0 saturated carbocycles. The largest absolute Gasteiger partial charge is 0.383 e. The molecule has 1 fully saturated rings. The first-order valence-corrected chi connectivity index (χ1v) is 7.61. The number of piperidine rings is 1. The van der Waals surface area contributed by atoms with E-state index in [2.05, 4.69) is 5.32 Å². The van der Waals surface area contributed by atoms with Crippen LogP contribution in [0, 0.1) is 12.8 Å². The molecule has 0 aromatic heterocycles. The monoisotopic (exact) mass is 304 g/mol. The minimum absolute atomic E-state index is 0.00958. The fraction of sp³-hybridized carbons (Fsp3) is 0.529. The maximum atomic E-state index is 12.5. The zero-order chi connectivity index (χ0) is 16.1. The Bertz CT molecular complexity index is 544. The first-order chi connectivity index (χ1) is 10.5. The van der Waals surface area contributed by atoms with Gasteiger partial charge in [-0.2, -0.15) is 0 Å². The smallest absolute Gasteiger partial charge is 0.225 e. The Labute approximate surface area is 131 Å². The summed E-state index contributed by atoms with van der Waals surface area (Å²) in [6, 6.07) is 7.80. The van der Waals surface area contributed by atoms with Gasteiger partial charge in [-0.1, -0.05) is 24.3 Å². The number of carbonyl (C=O) groups excluding carboxylic acids is 2. The number of likely N-dealkylation sites (tertiary alicyclic amines) is 1. The van der Waals surface area contributed by atoms with Crippen LogP contribution in [0.5, 0.6) is 0 Å². The lowest BCUT2D eigenvalue weighted by molar-refractivity contribution is -0.143. The lowest BCUT2D eigenvalue weighted by atomic mass is 9.88. The van der Waals surface area contributed by atoms with Gasteiger partial charge in [-0.05, 0) is 24.5 Å². The number of aryl methyl sites for hydroxylation is 1. The molecule has 1 N–H and O–H groups in total. The van der Waals surface area contributed by atoms with E-state index in [1.165, 1.54) is 0 Å². The fourth-order valence-electron chi connectivity index (χ4n) is 2.93. The Hall–Kier alpha value is -1.88. The molecule has 0 aliphatic carbocycles. The van der Waals surface area contributed by atoms with Gasteiger partial charge in [0.1, 0.15) is 0 Å². The van der Waals surface area contributed by atoms with Gasteiger partial charge in [0.25, 0.3) is 0 Å². The van der Waals surface area contributed by atoms with Gasteiger partial charge in [0.2, 0.25) is 11.8 Å². The van der Waals surface area contributed by atoms with Crippen LogP contribution < -0.4 is 5.32 Å². The zero-order valence-corrected chi connectivity index (χ0v) is 13.5. The van der Waals surface area contributed by atoms with Crippen LogP contribution in [-0.2, 0) is 20.9 Å². The maximum absolute atomic E-state index is 12.5. The van der Waals surface area contributed by atoms with Crippen LogP contribution >= 0.6 is 0 Å². The van der Waals surface area contributed by atoms with Gasteiger partial charge in [0, 0.05) is 27.1 Å². The minimum Gasteiger partial charge on any atom is -0.383 e. The molecule has 1 aromatic rings. The number of nitrogens with one attached hydrogen (secondary N) is 1. The average molecular weight is 304 g/mol. The second kappa shape index (κ2) is 7.40. The number of hydrogen-bond donors (Lipinski definition) is 1. The van der Waals surface area contributed by atoms with Crippen molar-refractivity contribution in [3.8, 4) is 0 Å². The first-order valence-electron chi connectivity index (χ1n) is 7.61. The molecule has 2 rings (SSSR count). The van der Waals surface area contributed by atoms with Crippen LogP contribution in [0.25, 0.3) is 0 Å². The van der Waals surface area contributed by atoms with Gasteiger partial charge in [0.15, 0.2) is 0 Å². The number of likely N-dealkylation sites (N-methyl/N-ethyl adjacent to an activating group) is 1. The summed E-state index contributed by atoms with van der Waals surface area (Å²) in [5.41, 5.74) is 2.27. The maximum Gasteiger partial charge on any atom is 0.225 e. The van der Waals surface area contributed by atoms with Gasteiger partial charge in [-0.25, -0.2) is 0 Å². The van der Waals surface area contributed by atoms with Crippen molar-refractivity contribution in [2.24, 2.45) is 5.92 Å². The van der Waals surface area contributed by atoms with Gasteiger partial charge in [-0.15, -0.1) is 0 Å². The third kappa shape index (κ3) is 3.65. The molecule has 2 amide bonds. The molecule has 5 nitrogen and oxygen atoms in total. The molecule has 1 aliphatic heterocycles. The quantitative estimate of drug-likeness (QED) is 0.897. The highest BCUT2D eigenvalue weighted by Crippen LogP contribution is 2.24. The third-order valence-corrected chi connectivity index (χ3v) is 4.41. The van der Waals surface area contributed by atoms with E-state index in [4.69, 9.17) is 4.74 Å². The van der Waals surface area contributed by atoms with Crippen LogP contribution in [0.15, 0.2) is 24.3 Å². The van der Waals surface area contributed by atoms with Crippen LogP contribution in [-0.4, -0.2) is 43.5 Å². The molecule has 2 atom stereocenters. The number of hydrogen-bond acceptors (Lipinski definition) is 3. The van der Waals surface area contributed by atoms with Crippen molar-refractivity contribution >= 4 is 11.8 Å². The van der Waals surface area contributed by atoms with Gasteiger partial charge in [-0.3, -0.25) is 9.59 Å². The number of methoxy groups -OCH3 is 1. The molecule has 0 radical (unpaired) electrons. The summed E-state index contributed by atoms with van der Waals surface area (Å²) in [4.78, 5) is 26.0. The SMILES string of the molecule is COC[C@@H]1[C@H](C(=O)NCc2ccccc2C)CCC(=O)N1C. The number of nitrogens with zero attached hydrogens (tertiary/aromatic N) is 1. The Morgan fingerprint density at radius 3 is 2.82 bits per heavy atom. The summed E-state index contributed by atoms with van der Waals surface area (Å²) in [5, 5.41) is 3.00. The fourth-order valence-corrected chi connectivity index (χ4v) is 2.93. The first kappa shape index (κ1) is 16.5. The molecule has 0 unspecified atom stereocenters. The third-order valence-electron chi connectivity index (χ3n) is 4.41. The molecule has 0 bridgehead atoms. The summed E-state index contributed by atoms with van der Waals surface area (Å²) in [6.07, 6.45) is 0.996. The highest BCUT2D eigenvalue weighted by Gasteiger charge is 2.37. The lowest BCUT2D eigenvalue weighted by Crippen LogP contribution is -2.53. The predicted octanol–water partition coefficient (Wildman–Crippen LogP) is 1.49. The number of carbonyl (C=O) groups is 2. The summed E-state index contributed by atoms with van der Waals surface area (Å²) >= 11 is 0. The molecule has 120 valence electrons. The van der Waals surface area contributed by atoms with Crippen molar-refractivity contribution < 1.29 is 14.3 Å². The summed E-state index contributed by atoms with van der Waals surface area (Å²) in [7, 11) is 3.34. The minimum atomic E-state index is -0.216.